The van der Waals surface area contributed by atoms with Crippen LogP contribution in [0.1, 0.15) is 44.7 Å². The topological polar surface area (TPSA) is 55.4 Å². The van der Waals surface area contributed by atoms with Gasteiger partial charge in [0.2, 0.25) is 0 Å². The summed E-state index contributed by atoms with van der Waals surface area (Å²) in [5.74, 6) is 1.03. The van der Waals surface area contributed by atoms with E-state index in [2.05, 4.69) is 17.5 Å². The Balaban J connectivity index is 1.72. The van der Waals surface area contributed by atoms with Crippen molar-refractivity contribution in [3.05, 3.63) is 65.7 Å². The average molecular weight is 412 g/mol. The lowest BCUT2D eigenvalue weighted by Gasteiger charge is -2.40. The van der Waals surface area contributed by atoms with Crippen molar-refractivity contribution in [2.45, 2.75) is 44.1 Å². The Bertz CT molecular complexity index is 1020. The highest BCUT2D eigenvalue weighted by Gasteiger charge is 2.37. The molecule has 4 rings (SSSR count). The predicted molar refractivity (Wildman–Crippen MR) is 117 cm³/mol. The summed E-state index contributed by atoms with van der Waals surface area (Å²) in [4.78, 5) is 0.383. The highest BCUT2D eigenvalue weighted by molar-refractivity contribution is 7.91. The summed E-state index contributed by atoms with van der Waals surface area (Å²) in [7, 11) is -3.31. The van der Waals surface area contributed by atoms with Crippen LogP contribution < -0.4 is 10.1 Å². The number of sulfone groups is 1. The summed E-state index contributed by atoms with van der Waals surface area (Å²) < 4.78 is 31.9. The molecule has 1 fully saturated rings. The molecule has 1 spiro atoms. The van der Waals surface area contributed by atoms with Gasteiger partial charge >= 0.3 is 0 Å². The summed E-state index contributed by atoms with van der Waals surface area (Å²) in [6, 6.07) is 15.4. The van der Waals surface area contributed by atoms with Crippen molar-refractivity contribution in [2.24, 2.45) is 5.41 Å². The summed E-state index contributed by atoms with van der Waals surface area (Å²) >= 11 is 0. The van der Waals surface area contributed by atoms with Gasteiger partial charge in [0.1, 0.15) is 11.4 Å². The molecule has 1 N–H and O–H groups in total. The standard InChI is InChI=1S/C24H29NO3S/c1-23(2,3)17-29(26,27)19-10-8-18(9-11-19)21-16-24(12-14-25-15-13-24)28-22-7-5-4-6-20(21)22/h4-11,16,25H,12-15,17H2,1-3H3. The van der Waals surface area contributed by atoms with Gasteiger partial charge in [0.15, 0.2) is 9.84 Å². The van der Waals surface area contributed by atoms with E-state index in [0.29, 0.717) is 4.90 Å². The molecule has 2 aromatic carbocycles. The number of nitrogens with one attached hydrogen (secondary N) is 1. The van der Waals surface area contributed by atoms with E-state index in [0.717, 1.165) is 48.4 Å². The summed E-state index contributed by atoms with van der Waals surface area (Å²) in [5, 5.41) is 3.40. The molecular formula is C24H29NO3S. The van der Waals surface area contributed by atoms with Crippen LogP contribution in [0.4, 0.5) is 0 Å². The summed E-state index contributed by atoms with van der Waals surface area (Å²) in [5.41, 5.74) is 2.62. The monoisotopic (exact) mass is 411 g/mol. The molecule has 1 saturated heterocycles. The second kappa shape index (κ2) is 7.29. The van der Waals surface area contributed by atoms with Crippen molar-refractivity contribution in [1.29, 1.82) is 0 Å². The minimum Gasteiger partial charge on any atom is -0.482 e. The van der Waals surface area contributed by atoms with Crippen LogP contribution in [0.2, 0.25) is 0 Å². The zero-order valence-electron chi connectivity index (χ0n) is 17.4. The fraction of sp³-hybridized carbons (Fsp3) is 0.417. The summed E-state index contributed by atoms with van der Waals surface area (Å²) in [6.45, 7) is 7.69. The van der Waals surface area contributed by atoms with Crippen molar-refractivity contribution in [1.82, 2.24) is 5.32 Å². The summed E-state index contributed by atoms with van der Waals surface area (Å²) in [6.07, 6.45) is 4.08. The van der Waals surface area contributed by atoms with Gasteiger partial charge in [-0.3, -0.25) is 0 Å². The van der Waals surface area contributed by atoms with Crippen molar-refractivity contribution in [3.63, 3.8) is 0 Å². The molecule has 5 heteroatoms. The lowest BCUT2D eigenvalue weighted by atomic mass is 9.83. The van der Waals surface area contributed by atoms with Gasteiger partial charge in [-0.1, -0.05) is 51.1 Å². The van der Waals surface area contributed by atoms with Crippen molar-refractivity contribution >= 4 is 15.4 Å². The van der Waals surface area contributed by atoms with Crippen LogP contribution in [0, 0.1) is 5.41 Å². The van der Waals surface area contributed by atoms with Crippen LogP contribution in [0.25, 0.3) is 5.57 Å². The first-order valence-electron chi connectivity index (χ1n) is 10.2. The highest BCUT2D eigenvalue weighted by atomic mass is 32.2. The van der Waals surface area contributed by atoms with Gasteiger partial charge in [0.25, 0.3) is 0 Å². The minimum absolute atomic E-state index is 0.134. The number of benzene rings is 2. The van der Waals surface area contributed by atoms with Crippen LogP contribution in [0.3, 0.4) is 0 Å². The number of hydrogen-bond acceptors (Lipinski definition) is 4. The van der Waals surface area contributed by atoms with E-state index >= 15 is 0 Å². The predicted octanol–water partition coefficient (Wildman–Crippen LogP) is 4.45. The van der Waals surface area contributed by atoms with Gasteiger partial charge in [-0.15, -0.1) is 0 Å². The molecule has 2 aliphatic rings. The molecular weight excluding hydrogens is 382 g/mol. The molecule has 2 heterocycles. The third-order valence-corrected chi connectivity index (χ3v) is 7.73. The first-order chi connectivity index (χ1) is 13.7. The van der Waals surface area contributed by atoms with E-state index in [1.165, 1.54) is 0 Å². The van der Waals surface area contributed by atoms with E-state index in [1.807, 2.05) is 51.1 Å². The van der Waals surface area contributed by atoms with Gasteiger partial charge in [0, 0.05) is 18.4 Å². The Morgan fingerprint density at radius 3 is 2.31 bits per heavy atom. The second-order valence-corrected chi connectivity index (χ2v) is 11.3. The van der Waals surface area contributed by atoms with Gasteiger partial charge in [0.05, 0.1) is 10.6 Å². The average Bonchev–Trinajstić information content (AvgIpc) is 2.66. The molecule has 0 atom stereocenters. The number of para-hydroxylation sites is 1. The number of piperidine rings is 1. The largest absolute Gasteiger partial charge is 0.482 e. The Morgan fingerprint density at radius 2 is 1.66 bits per heavy atom. The third-order valence-electron chi connectivity index (χ3n) is 5.50. The highest BCUT2D eigenvalue weighted by Crippen LogP contribution is 2.42. The van der Waals surface area contributed by atoms with Crippen LogP contribution in [-0.4, -0.2) is 32.9 Å². The molecule has 154 valence electrons. The van der Waals surface area contributed by atoms with E-state index in [4.69, 9.17) is 4.74 Å². The molecule has 2 aromatic rings. The molecule has 0 amide bonds. The maximum atomic E-state index is 12.7. The molecule has 0 saturated carbocycles. The fourth-order valence-electron chi connectivity index (χ4n) is 4.20. The van der Waals surface area contributed by atoms with E-state index in [-0.39, 0.29) is 16.8 Å². The lowest BCUT2D eigenvalue weighted by Crippen LogP contribution is -2.46. The SMILES string of the molecule is CC(C)(C)CS(=O)(=O)c1ccc(C2=CC3(CCNCC3)Oc3ccccc32)cc1. The van der Waals surface area contributed by atoms with Crippen molar-refractivity contribution in [3.8, 4) is 5.75 Å². The minimum atomic E-state index is -3.31. The third kappa shape index (κ3) is 4.26. The first-order valence-corrected chi connectivity index (χ1v) is 11.9. The number of rotatable bonds is 3. The molecule has 4 nitrogen and oxygen atoms in total. The van der Waals surface area contributed by atoms with E-state index < -0.39 is 9.84 Å². The Hall–Kier alpha value is -2.11. The number of fused-ring (bicyclic) bond motifs is 1. The lowest BCUT2D eigenvalue weighted by molar-refractivity contribution is 0.0817. The Labute approximate surface area is 173 Å². The molecule has 0 bridgehead atoms. The van der Waals surface area contributed by atoms with E-state index in [1.54, 1.807) is 12.1 Å². The van der Waals surface area contributed by atoms with Crippen molar-refractivity contribution in [2.75, 3.05) is 18.8 Å². The van der Waals surface area contributed by atoms with Gasteiger partial charge in [-0.2, -0.15) is 0 Å². The number of hydrogen-bond donors (Lipinski definition) is 1. The molecule has 2 aliphatic heterocycles. The molecule has 0 aliphatic carbocycles. The maximum Gasteiger partial charge on any atom is 0.178 e. The fourth-order valence-corrected chi connectivity index (χ4v) is 6.06. The van der Waals surface area contributed by atoms with Crippen LogP contribution >= 0.6 is 0 Å². The van der Waals surface area contributed by atoms with Crippen LogP contribution in [0.15, 0.2) is 59.5 Å². The molecule has 0 radical (unpaired) electrons. The van der Waals surface area contributed by atoms with Crippen LogP contribution in [0.5, 0.6) is 5.75 Å². The van der Waals surface area contributed by atoms with E-state index in [9.17, 15) is 8.42 Å². The normalized spacial score (nSPS) is 18.7. The number of ether oxygens (including phenoxy) is 1. The Morgan fingerprint density at radius 1 is 1.00 bits per heavy atom. The van der Waals surface area contributed by atoms with Gasteiger partial charge < -0.3 is 10.1 Å². The molecule has 0 aromatic heterocycles. The van der Waals surface area contributed by atoms with Gasteiger partial charge in [-0.25, -0.2) is 8.42 Å². The Kier molecular flexibility index (Phi) is 5.07. The zero-order chi connectivity index (χ0) is 20.7. The molecule has 29 heavy (non-hydrogen) atoms. The smallest absolute Gasteiger partial charge is 0.178 e. The molecule has 0 unspecified atom stereocenters. The maximum absolute atomic E-state index is 12.7. The first kappa shape index (κ1) is 20.2. The van der Waals surface area contributed by atoms with Crippen molar-refractivity contribution < 1.29 is 13.2 Å². The second-order valence-electron chi connectivity index (χ2n) is 9.32. The van der Waals surface area contributed by atoms with Gasteiger partial charge in [-0.05, 0) is 53.9 Å². The zero-order valence-corrected chi connectivity index (χ0v) is 18.2. The quantitative estimate of drug-likeness (QED) is 0.811. The van der Waals surface area contributed by atoms with Crippen LogP contribution in [-0.2, 0) is 9.84 Å².